The van der Waals surface area contributed by atoms with Gasteiger partial charge >= 0.3 is 6.09 Å². The number of hydrogen-bond acceptors (Lipinski definition) is 4. The molecule has 0 saturated heterocycles. The van der Waals surface area contributed by atoms with Gasteiger partial charge in [-0.15, -0.1) is 0 Å². The predicted octanol–water partition coefficient (Wildman–Crippen LogP) is 5.55. The number of carbonyl (C=O) groups is 1. The van der Waals surface area contributed by atoms with E-state index in [1.165, 1.54) is 11.0 Å². The van der Waals surface area contributed by atoms with Crippen molar-refractivity contribution in [1.82, 2.24) is 14.9 Å². The summed E-state index contributed by atoms with van der Waals surface area (Å²) in [5, 5.41) is 9.88. The Morgan fingerprint density at radius 1 is 1.23 bits per heavy atom. The molecule has 1 atom stereocenters. The van der Waals surface area contributed by atoms with Crippen molar-refractivity contribution in [3.63, 3.8) is 0 Å². The third-order valence-corrected chi connectivity index (χ3v) is 4.79. The summed E-state index contributed by atoms with van der Waals surface area (Å²) in [4.78, 5) is 21.8. The fourth-order valence-corrected chi connectivity index (χ4v) is 4.05. The third-order valence-electron chi connectivity index (χ3n) is 4.79. The summed E-state index contributed by atoms with van der Waals surface area (Å²) in [7, 11) is 0. The Morgan fingerprint density at radius 3 is 2.40 bits per heavy atom. The average Bonchev–Trinajstić information content (AvgIpc) is 2.58. The zero-order valence-electron chi connectivity index (χ0n) is 18.9. The van der Waals surface area contributed by atoms with Crippen LogP contribution in [-0.2, 0) is 0 Å². The van der Waals surface area contributed by atoms with Gasteiger partial charge in [0.25, 0.3) is 0 Å². The van der Waals surface area contributed by atoms with E-state index in [0.29, 0.717) is 23.5 Å². The van der Waals surface area contributed by atoms with Crippen LogP contribution in [0.1, 0.15) is 53.8 Å². The fourth-order valence-electron chi connectivity index (χ4n) is 4.05. The summed E-state index contributed by atoms with van der Waals surface area (Å²) in [5.41, 5.74) is -0.210. The molecule has 0 aliphatic carbocycles. The summed E-state index contributed by atoms with van der Waals surface area (Å²) in [5.74, 6) is 0.400. The van der Waals surface area contributed by atoms with E-state index in [4.69, 9.17) is 4.74 Å². The molecule has 0 bridgehead atoms. The Labute approximate surface area is 178 Å². The molecule has 0 radical (unpaired) electrons. The maximum absolute atomic E-state index is 14.8. The van der Waals surface area contributed by atoms with Gasteiger partial charge in [0.15, 0.2) is 11.6 Å². The first-order valence-corrected chi connectivity index (χ1v) is 10.1. The number of carboxylic acid groups (broad SMARTS) is 1. The summed E-state index contributed by atoms with van der Waals surface area (Å²) < 4.78 is 20.6. The van der Waals surface area contributed by atoms with Crippen molar-refractivity contribution < 1.29 is 19.0 Å². The van der Waals surface area contributed by atoms with Crippen molar-refractivity contribution in [3.8, 4) is 17.0 Å². The largest absolute Gasteiger partial charge is 0.488 e. The molecule has 0 saturated carbocycles. The predicted molar refractivity (Wildman–Crippen MR) is 115 cm³/mol. The molecule has 2 rings (SSSR count). The first-order valence-electron chi connectivity index (χ1n) is 10.1. The van der Waals surface area contributed by atoms with E-state index in [1.54, 1.807) is 31.3 Å². The van der Waals surface area contributed by atoms with Crippen molar-refractivity contribution in [3.05, 3.63) is 42.1 Å². The van der Waals surface area contributed by atoms with Gasteiger partial charge in [0.05, 0.1) is 11.2 Å². The van der Waals surface area contributed by atoms with Gasteiger partial charge in [-0.05, 0) is 71.2 Å². The van der Waals surface area contributed by atoms with Crippen LogP contribution in [-0.4, -0.2) is 43.8 Å². The first-order chi connectivity index (χ1) is 13.8. The summed E-state index contributed by atoms with van der Waals surface area (Å²) in [6.07, 6.45) is 1.19. The van der Waals surface area contributed by atoms with Gasteiger partial charge < -0.3 is 9.84 Å². The van der Waals surface area contributed by atoms with Crippen LogP contribution in [0.25, 0.3) is 11.3 Å². The summed E-state index contributed by atoms with van der Waals surface area (Å²) in [6, 6.07) is 6.38. The molecule has 1 unspecified atom stereocenters. The molecule has 1 aromatic carbocycles. The van der Waals surface area contributed by atoms with Gasteiger partial charge in [-0.2, -0.15) is 0 Å². The first kappa shape index (κ1) is 23.6. The minimum absolute atomic E-state index is 0.0393. The molecule has 30 heavy (non-hydrogen) atoms. The van der Waals surface area contributed by atoms with E-state index < -0.39 is 23.0 Å². The molecule has 2 aromatic rings. The molecule has 1 aromatic heterocycles. The van der Waals surface area contributed by atoms with E-state index in [9.17, 15) is 14.3 Å². The van der Waals surface area contributed by atoms with Crippen molar-refractivity contribution in [1.29, 1.82) is 0 Å². The number of benzene rings is 1. The lowest BCUT2D eigenvalue weighted by Gasteiger charge is -2.47. The molecule has 164 valence electrons. The van der Waals surface area contributed by atoms with E-state index in [0.717, 1.165) is 0 Å². The summed E-state index contributed by atoms with van der Waals surface area (Å²) >= 11 is 0. The van der Waals surface area contributed by atoms with Crippen molar-refractivity contribution >= 4 is 6.09 Å². The Hall–Kier alpha value is -2.70. The lowest BCUT2D eigenvalue weighted by molar-refractivity contribution is -0.0114. The van der Waals surface area contributed by atoms with E-state index in [-0.39, 0.29) is 18.3 Å². The van der Waals surface area contributed by atoms with Crippen LogP contribution in [0.15, 0.2) is 30.5 Å². The Balaban J connectivity index is 2.29. The van der Waals surface area contributed by atoms with Crippen LogP contribution in [0.4, 0.5) is 9.18 Å². The number of hydrogen-bond donors (Lipinski definition) is 1. The fraction of sp³-hybridized carbons (Fsp3) is 0.522. The number of aryl methyl sites for hydroxylation is 1. The number of nitrogens with zero attached hydrogens (tertiary/aromatic N) is 3. The highest BCUT2D eigenvalue weighted by Gasteiger charge is 2.43. The van der Waals surface area contributed by atoms with Gasteiger partial charge in [0.1, 0.15) is 12.4 Å². The Morgan fingerprint density at radius 2 is 1.90 bits per heavy atom. The topological polar surface area (TPSA) is 75.5 Å². The van der Waals surface area contributed by atoms with Gasteiger partial charge in [-0.3, -0.25) is 4.90 Å². The molecule has 1 heterocycles. The standard InChI is InChI=1S/C23H32FN3O3/c1-15(2)13-23(7,27(21(28)29)22(4,5)6)14-30-20-9-8-17(12-18(20)24)19-10-11-25-16(3)26-19/h8-12,15H,13-14H2,1-7H3,(H,28,29). The second kappa shape index (κ2) is 8.98. The smallest absolute Gasteiger partial charge is 0.408 e. The lowest BCUT2D eigenvalue weighted by Crippen LogP contribution is -2.61. The monoisotopic (exact) mass is 417 g/mol. The molecule has 6 nitrogen and oxygen atoms in total. The molecule has 1 amide bonds. The number of aromatic nitrogens is 2. The van der Waals surface area contributed by atoms with E-state index in [1.807, 2.05) is 41.5 Å². The van der Waals surface area contributed by atoms with Gasteiger partial charge in [-0.1, -0.05) is 13.8 Å². The second-order valence-corrected chi connectivity index (χ2v) is 9.31. The molecule has 0 spiro atoms. The highest BCUT2D eigenvalue weighted by molar-refractivity contribution is 5.67. The molecule has 1 N–H and O–H groups in total. The van der Waals surface area contributed by atoms with Crippen LogP contribution in [0.5, 0.6) is 5.75 Å². The maximum atomic E-state index is 14.8. The van der Waals surface area contributed by atoms with Gasteiger partial charge in [0, 0.05) is 17.3 Å². The number of ether oxygens (including phenoxy) is 1. The molecule has 0 aliphatic rings. The van der Waals surface area contributed by atoms with Crippen LogP contribution in [0.2, 0.25) is 0 Å². The van der Waals surface area contributed by atoms with Crippen LogP contribution < -0.4 is 4.74 Å². The molecule has 0 aliphatic heterocycles. The Kier molecular flexibility index (Phi) is 7.06. The van der Waals surface area contributed by atoms with E-state index in [2.05, 4.69) is 9.97 Å². The highest BCUT2D eigenvalue weighted by atomic mass is 19.1. The quantitative estimate of drug-likeness (QED) is 0.639. The maximum Gasteiger partial charge on any atom is 0.408 e. The Bertz CT molecular complexity index is 896. The van der Waals surface area contributed by atoms with Gasteiger partial charge in [0.2, 0.25) is 0 Å². The normalized spacial score (nSPS) is 13.8. The molecular weight excluding hydrogens is 385 g/mol. The average molecular weight is 418 g/mol. The highest BCUT2D eigenvalue weighted by Crippen LogP contribution is 2.33. The number of amides is 1. The van der Waals surface area contributed by atoms with Gasteiger partial charge in [-0.25, -0.2) is 19.2 Å². The molecule has 0 fully saturated rings. The summed E-state index contributed by atoms with van der Waals surface area (Å²) in [6.45, 7) is 13.3. The molecular formula is C23H32FN3O3. The lowest BCUT2D eigenvalue weighted by atomic mass is 9.86. The minimum atomic E-state index is -1.02. The van der Waals surface area contributed by atoms with Crippen molar-refractivity contribution in [2.45, 2.75) is 66.0 Å². The van der Waals surface area contributed by atoms with Crippen molar-refractivity contribution in [2.24, 2.45) is 5.92 Å². The number of halogens is 1. The van der Waals surface area contributed by atoms with Crippen LogP contribution in [0, 0.1) is 18.7 Å². The third kappa shape index (κ3) is 5.68. The second-order valence-electron chi connectivity index (χ2n) is 9.31. The minimum Gasteiger partial charge on any atom is -0.488 e. The zero-order valence-corrected chi connectivity index (χ0v) is 18.9. The zero-order chi connectivity index (χ0) is 22.7. The van der Waals surface area contributed by atoms with Crippen LogP contribution in [0.3, 0.4) is 0 Å². The number of rotatable bonds is 7. The van der Waals surface area contributed by atoms with Crippen molar-refractivity contribution in [2.75, 3.05) is 6.61 Å². The molecule has 7 heteroatoms. The van der Waals surface area contributed by atoms with Crippen LogP contribution >= 0.6 is 0 Å². The van der Waals surface area contributed by atoms with E-state index >= 15 is 0 Å². The SMILES string of the molecule is Cc1nccc(-c2ccc(OCC(C)(CC(C)C)N(C(=O)O)C(C)(C)C)c(F)c2)n1.